The minimum atomic E-state index is -0.267. The van der Waals surface area contributed by atoms with Crippen molar-refractivity contribution in [2.45, 2.75) is 0 Å². The lowest BCUT2D eigenvalue weighted by molar-refractivity contribution is 0.977. The first kappa shape index (κ1) is 11.4. The van der Waals surface area contributed by atoms with Gasteiger partial charge in [-0.3, -0.25) is 5.10 Å². The number of hydrogen-bond donors (Lipinski definition) is 2. The Hall–Kier alpha value is -1.66. The molecule has 0 aliphatic rings. The first-order valence-corrected chi connectivity index (χ1v) is 6.45. The number of nitrogens with one attached hydrogen (secondary N) is 2. The SMILES string of the molecule is O=c1[nH][nH]c(=S)n1-c1ccc2cc(Br)ccc2c1. The molecular formula is C12H8BrN3OS. The van der Waals surface area contributed by atoms with Crippen LogP contribution < -0.4 is 5.69 Å². The number of aromatic amines is 2. The molecule has 0 bridgehead atoms. The molecule has 0 atom stereocenters. The van der Waals surface area contributed by atoms with Gasteiger partial charge in [0.1, 0.15) is 0 Å². The summed E-state index contributed by atoms with van der Waals surface area (Å²) >= 11 is 8.50. The minimum absolute atomic E-state index is 0.267. The molecule has 3 aromatic rings. The van der Waals surface area contributed by atoms with Gasteiger partial charge in [0.2, 0.25) is 4.77 Å². The second-order valence-electron chi connectivity index (χ2n) is 3.87. The molecule has 0 aliphatic carbocycles. The molecular weight excluding hydrogens is 314 g/mol. The smallest absolute Gasteiger partial charge is 0.272 e. The van der Waals surface area contributed by atoms with E-state index in [0.29, 0.717) is 4.77 Å². The summed E-state index contributed by atoms with van der Waals surface area (Å²) in [4.78, 5) is 11.6. The fraction of sp³-hybridized carbons (Fsp3) is 0. The molecule has 90 valence electrons. The average molecular weight is 322 g/mol. The van der Waals surface area contributed by atoms with E-state index in [-0.39, 0.29) is 5.69 Å². The molecule has 4 nitrogen and oxygen atoms in total. The first-order valence-electron chi connectivity index (χ1n) is 5.24. The average Bonchev–Trinajstić information content (AvgIpc) is 2.69. The number of aromatic nitrogens is 3. The summed E-state index contributed by atoms with van der Waals surface area (Å²) in [5.74, 6) is 0. The van der Waals surface area contributed by atoms with Gasteiger partial charge in [0.25, 0.3) is 0 Å². The highest BCUT2D eigenvalue weighted by Crippen LogP contribution is 2.22. The van der Waals surface area contributed by atoms with Crippen molar-refractivity contribution in [2.75, 3.05) is 0 Å². The summed E-state index contributed by atoms with van der Waals surface area (Å²) in [7, 11) is 0. The van der Waals surface area contributed by atoms with Crippen molar-refractivity contribution in [2.24, 2.45) is 0 Å². The van der Waals surface area contributed by atoms with Crippen molar-refractivity contribution in [3.8, 4) is 5.69 Å². The van der Waals surface area contributed by atoms with E-state index in [2.05, 4.69) is 26.1 Å². The second-order valence-corrected chi connectivity index (χ2v) is 5.17. The van der Waals surface area contributed by atoms with Crippen LogP contribution >= 0.6 is 28.1 Å². The van der Waals surface area contributed by atoms with Crippen molar-refractivity contribution < 1.29 is 0 Å². The van der Waals surface area contributed by atoms with E-state index < -0.39 is 0 Å². The predicted octanol–water partition coefficient (Wildman–Crippen LogP) is 3.14. The van der Waals surface area contributed by atoms with Crippen LogP contribution in [-0.4, -0.2) is 14.8 Å². The molecule has 0 fully saturated rings. The van der Waals surface area contributed by atoms with E-state index >= 15 is 0 Å². The molecule has 18 heavy (non-hydrogen) atoms. The monoisotopic (exact) mass is 321 g/mol. The number of benzene rings is 2. The van der Waals surface area contributed by atoms with Gasteiger partial charge < -0.3 is 0 Å². The summed E-state index contributed by atoms with van der Waals surface area (Å²) in [6.07, 6.45) is 0. The Morgan fingerprint density at radius 2 is 1.78 bits per heavy atom. The maximum atomic E-state index is 11.6. The largest absolute Gasteiger partial charge is 0.347 e. The number of fused-ring (bicyclic) bond motifs is 1. The van der Waals surface area contributed by atoms with Gasteiger partial charge in [-0.25, -0.2) is 14.5 Å². The van der Waals surface area contributed by atoms with E-state index in [1.165, 1.54) is 4.57 Å². The molecule has 0 amide bonds. The van der Waals surface area contributed by atoms with E-state index in [1.807, 2.05) is 36.4 Å². The Bertz CT molecular complexity index is 819. The van der Waals surface area contributed by atoms with Crippen LogP contribution in [0.4, 0.5) is 0 Å². The van der Waals surface area contributed by atoms with Crippen molar-refractivity contribution >= 4 is 38.9 Å². The Kier molecular flexibility index (Phi) is 2.68. The first-order chi connectivity index (χ1) is 8.65. The van der Waals surface area contributed by atoms with E-state index in [4.69, 9.17) is 12.2 Å². The second kappa shape index (κ2) is 4.22. The molecule has 0 spiro atoms. The molecule has 3 rings (SSSR count). The maximum Gasteiger partial charge on any atom is 0.347 e. The minimum Gasteiger partial charge on any atom is -0.272 e. The van der Waals surface area contributed by atoms with Crippen LogP contribution in [-0.2, 0) is 0 Å². The van der Waals surface area contributed by atoms with Gasteiger partial charge in [-0.1, -0.05) is 28.1 Å². The Morgan fingerprint density at radius 3 is 2.50 bits per heavy atom. The zero-order valence-corrected chi connectivity index (χ0v) is 11.5. The van der Waals surface area contributed by atoms with Crippen LogP contribution in [0.15, 0.2) is 45.7 Å². The van der Waals surface area contributed by atoms with Crippen molar-refractivity contribution in [1.82, 2.24) is 14.8 Å². The Labute approximate surface area is 115 Å². The molecule has 1 heterocycles. The van der Waals surface area contributed by atoms with Crippen molar-refractivity contribution in [3.63, 3.8) is 0 Å². The van der Waals surface area contributed by atoms with Crippen LogP contribution in [0, 0.1) is 4.77 Å². The Balaban J connectivity index is 2.29. The van der Waals surface area contributed by atoms with Gasteiger partial charge >= 0.3 is 5.69 Å². The van der Waals surface area contributed by atoms with E-state index in [0.717, 1.165) is 20.9 Å². The molecule has 0 aliphatic heterocycles. The fourth-order valence-electron chi connectivity index (χ4n) is 1.89. The molecule has 0 unspecified atom stereocenters. The fourth-order valence-corrected chi connectivity index (χ4v) is 2.51. The third-order valence-corrected chi connectivity index (χ3v) is 3.50. The third-order valence-electron chi connectivity index (χ3n) is 2.73. The lowest BCUT2D eigenvalue weighted by atomic mass is 10.1. The zero-order chi connectivity index (χ0) is 12.7. The normalized spacial score (nSPS) is 10.9. The summed E-state index contributed by atoms with van der Waals surface area (Å²) < 4.78 is 2.81. The Morgan fingerprint density at radius 1 is 1.06 bits per heavy atom. The number of halogens is 1. The highest BCUT2D eigenvalue weighted by molar-refractivity contribution is 9.10. The summed E-state index contributed by atoms with van der Waals surface area (Å²) in [6.45, 7) is 0. The summed E-state index contributed by atoms with van der Waals surface area (Å²) in [5.41, 5.74) is 0.480. The van der Waals surface area contributed by atoms with Gasteiger partial charge in [-0.05, 0) is 47.3 Å². The molecule has 0 saturated heterocycles. The third kappa shape index (κ3) is 1.83. The van der Waals surface area contributed by atoms with Crippen LogP contribution in [0.2, 0.25) is 0 Å². The summed E-state index contributed by atoms with van der Waals surface area (Å²) in [5, 5.41) is 7.25. The van der Waals surface area contributed by atoms with Crippen LogP contribution in [0.25, 0.3) is 16.5 Å². The van der Waals surface area contributed by atoms with E-state index in [9.17, 15) is 4.79 Å². The van der Waals surface area contributed by atoms with Crippen LogP contribution in [0.1, 0.15) is 0 Å². The quantitative estimate of drug-likeness (QED) is 0.676. The molecule has 1 aromatic heterocycles. The highest BCUT2D eigenvalue weighted by atomic mass is 79.9. The molecule has 6 heteroatoms. The zero-order valence-electron chi connectivity index (χ0n) is 9.11. The van der Waals surface area contributed by atoms with Gasteiger partial charge in [0, 0.05) is 4.47 Å². The van der Waals surface area contributed by atoms with Gasteiger partial charge in [0.05, 0.1) is 5.69 Å². The molecule has 0 saturated carbocycles. The molecule has 0 radical (unpaired) electrons. The van der Waals surface area contributed by atoms with Gasteiger partial charge in [0.15, 0.2) is 0 Å². The van der Waals surface area contributed by atoms with Gasteiger partial charge in [-0.2, -0.15) is 0 Å². The number of hydrogen-bond acceptors (Lipinski definition) is 2. The number of rotatable bonds is 1. The predicted molar refractivity (Wildman–Crippen MR) is 76.8 cm³/mol. The number of H-pyrrole nitrogens is 2. The van der Waals surface area contributed by atoms with Crippen LogP contribution in [0.3, 0.4) is 0 Å². The maximum absolute atomic E-state index is 11.6. The lowest BCUT2D eigenvalue weighted by Crippen LogP contribution is -2.14. The van der Waals surface area contributed by atoms with Gasteiger partial charge in [-0.15, -0.1) is 0 Å². The van der Waals surface area contributed by atoms with E-state index in [1.54, 1.807) is 0 Å². The molecule has 2 aromatic carbocycles. The molecule has 2 N–H and O–H groups in total. The van der Waals surface area contributed by atoms with Crippen molar-refractivity contribution in [3.05, 3.63) is 56.1 Å². The standard InChI is InChI=1S/C12H8BrN3OS/c13-9-3-1-8-6-10(4-2-7(8)5-9)16-11(17)14-15-12(16)18/h1-6H,(H,14,17)(H,15,18). The topological polar surface area (TPSA) is 53.6 Å². The van der Waals surface area contributed by atoms with Crippen molar-refractivity contribution in [1.29, 1.82) is 0 Å². The number of nitrogens with zero attached hydrogens (tertiary/aromatic N) is 1. The van der Waals surface area contributed by atoms with Crippen LogP contribution in [0.5, 0.6) is 0 Å². The lowest BCUT2D eigenvalue weighted by Gasteiger charge is -2.03. The summed E-state index contributed by atoms with van der Waals surface area (Å²) in [6, 6.07) is 11.7. The highest BCUT2D eigenvalue weighted by Gasteiger charge is 2.04.